The van der Waals surface area contributed by atoms with Crippen LogP contribution in [-0.2, 0) is 9.59 Å². The second kappa shape index (κ2) is 6.08. The van der Waals surface area contributed by atoms with Crippen molar-refractivity contribution in [2.75, 3.05) is 33.2 Å². The lowest BCUT2D eigenvalue weighted by Crippen LogP contribution is -2.55. The minimum atomic E-state index is -0.102. The van der Waals surface area contributed by atoms with Gasteiger partial charge < -0.3 is 10.2 Å². The summed E-state index contributed by atoms with van der Waals surface area (Å²) in [6.07, 6.45) is 0. The quantitative estimate of drug-likeness (QED) is 0.874. The molecule has 5 nitrogen and oxygen atoms in total. The predicted octanol–water partition coefficient (Wildman–Crippen LogP) is 0.679. The maximum absolute atomic E-state index is 12.5. The molecule has 1 N–H and O–H groups in total. The molecule has 3 atom stereocenters. The number of carbonyl (C=O) groups is 2. The number of rotatable bonds is 2. The van der Waals surface area contributed by atoms with Gasteiger partial charge in [-0.05, 0) is 5.56 Å². The van der Waals surface area contributed by atoms with Crippen molar-refractivity contribution >= 4 is 11.8 Å². The fraction of sp³-hybridized carbons (Fsp3) is 0.529. The number of fused-ring (bicyclic) bond motifs is 1. The van der Waals surface area contributed by atoms with Crippen LogP contribution in [0.2, 0.25) is 0 Å². The number of benzene rings is 1. The molecule has 3 rings (SSSR count). The number of amides is 2. The Hall–Kier alpha value is -1.88. The van der Waals surface area contributed by atoms with Gasteiger partial charge in [-0.25, -0.2) is 0 Å². The Labute approximate surface area is 131 Å². The highest BCUT2D eigenvalue weighted by molar-refractivity contribution is 5.81. The molecule has 0 radical (unpaired) electrons. The third-order valence-electron chi connectivity index (χ3n) is 5.04. The number of nitrogens with zero attached hydrogens (tertiary/aromatic N) is 2. The van der Waals surface area contributed by atoms with Crippen LogP contribution in [0.5, 0.6) is 0 Å². The molecule has 2 heterocycles. The second-order valence-corrected chi connectivity index (χ2v) is 6.18. The molecule has 2 saturated heterocycles. The molecule has 22 heavy (non-hydrogen) atoms. The van der Waals surface area contributed by atoms with Gasteiger partial charge in [0.2, 0.25) is 11.8 Å². The molecule has 5 heteroatoms. The van der Waals surface area contributed by atoms with Gasteiger partial charge in [-0.3, -0.25) is 14.5 Å². The summed E-state index contributed by atoms with van der Waals surface area (Å²) < 4.78 is 0. The average Bonchev–Trinajstić information content (AvgIpc) is 2.93. The van der Waals surface area contributed by atoms with E-state index in [9.17, 15) is 9.59 Å². The van der Waals surface area contributed by atoms with Crippen LogP contribution in [0.3, 0.4) is 0 Å². The van der Waals surface area contributed by atoms with E-state index in [0.717, 1.165) is 19.6 Å². The standard InChI is InChI=1S/C17H23N3O2/c1-12(21)19-8-9-20-10-14(13-6-4-3-5-7-13)16(15(20)11-19)17(22)18-2/h3-7,14-16H,8-11H2,1-2H3,(H,18,22)/t14-,15-,16-/m1/s1. The lowest BCUT2D eigenvalue weighted by atomic mass is 9.84. The Bertz CT molecular complexity index is 560. The summed E-state index contributed by atoms with van der Waals surface area (Å²) in [7, 11) is 1.69. The van der Waals surface area contributed by atoms with Gasteiger partial charge >= 0.3 is 0 Å². The van der Waals surface area contributed by atoms with E-state index in [-0.39, 0.29) is 29.7 Å². The maximum atomic E-state index is 12.5. The van der Waals surface area contributed by atoms with Crippen LogP contribution in [0.4, 0.5) is 0 Å². The molecule has 2 aliphatic rings. The molecular weight excluding hydrogens is 278 g/mol. The molecule has 0 bridgehead atoms. The fourth-order valence-corrected chi connectivity index (χ4v) is 3.87. The van der Waals surface area contributed by atoms with Crippen LogP contribution in [0.1, 0.15) is 18.4 Å². The first-order chi connectivity index (χ1) is 10.6. The summed E-state index contributed by atoms with van der Waals surface area (Å²) in [6, 6.07) is 10.4. The summed E-state index contributed by atoms with van der Waals surface area (Å²) >= 11 is 0. The third kappa shape index (κ3) is 2.61. The summed E-state index contributed by atoms with van der Waals surface area (Å²) in [5, 5.41) is 2.81. The van der Waals surface area contributed by atoms with Crippen LogP contribution in [0.15, 0.2) is 30.3 Å². The second-order valence-electron chi connectivity index (χ2n) is 6.18. The van der Waals surface area contributed by atoms with Crippen molar-refractivity contribution in [3.05, 3.63) is 35.9 Å². The Morgan fingerprint density at radius 3 is 2.50 bits per heavy atom. The normalized spacial score (nSPS) is 28.3. The Morgan fingerprint density at radius 2 is 1.86 bits per heavy atom. The zero-order valence-corrected chi connectivity index (χ0v) is 13.2. The van der Waals surface area contributed by atoms with Crippen LogP contribution in [-0.4, -0.2) is 60.9 Å². The number of hydrogen-bond donors (Lipinski definition) is 1. The summed E-state index contributed by atoms with van der Waals surface area (Å²) in [5.41, 5.74) is 1.21. The van der Waals surface area contributed by atoms with E-state index in [2.05, 4.69) is 22.3 Å². The van der Waals surface area contributed by atoms with Gasteiger partial charge in [0.1, 0.15) is 0 Å². The minimum Gasteiger partial charge on any atom is -0.359 e. The van der Waals surface area contributed by atoms with Crippen molar-refractivity contribution in [3.63, 3.8) is 0 Å². The molecule has 0 aromatic heterocycles. The summed E-state index contributed by atoms with van der Waals surface area (Å²) in [5.74, 6) is 0.262. The lowest BCUT2D eigenvalue weighted by molar-refractivity contribution is -0.134. The highest BCUT2D eigenvalue weighted by atomic mass is 16.2. The van der Waals surface area contributed by atoms with Crippen LogP contribution < -0.4 is 5.32 Å². The van der Waals surface area contributed by atoms with E-state index in [1.807, 2.05) is 23.1 Å². The number of nitrogens with one attached hydrogen (secondary N) is 1. The molecular formula is C17H23N3O2. The first-order valence-corrected chi connectivity index (χ1v) is 7.88. The van der Waals surface area contributed by atoms with Crippen LogP contribution in [0, 0.1) is 5.92 Å². The Morgan fingerprint density at radius 1 is 1.14 bits per heavy atom. The first-order valence-electron chi connectivity index (χ1n) is 7.88. The predicted molar refractivity (Wildman–Crippen MR) is 84.4 cm³/mol. The summed E-state index contributed by atoms with van der Waals surface area (Å²) in [6.45, 7) is 4.75. The van der Waals surface area contributed by atoms with E-state index in [1.165, 1.54) is 5.56 Å². The fourth-order valence-electron chi connectivity index (χ4n) is 3.87. The first kappa shape index (κ1) is 15.0. The number of piperazine rings is 1. The Balaban J connectivity index is 1.90. The molecule has 2 aliphatic heterocycles. The zero-order valence-electron chi connectivity index (χ0n) is 13.2. The molecule has 1 aromatic carbocycles. The van der Waals surface area contributed by atoms with Gasteiger partial charge in [0.15, 0.2) is 0 Å². The van der Waals surface area contributed by atoms with E-state index < -0.39 is 0 Å². The number of carbonyl (C=O) groups excluding carboxylic acids is 2. The van der Waals surface area contributed by atoms with E-state index >= 15 is 0 Å². The molecule has 118 valence electrons. The minimum absolute atomic E-state index is 0.0757. The van der Waals surface area contributed by atoms with Crippen LogP contribution in [0.25, 0.3) is 0 Å². The Kier molecular flexibility index (Phi) is 4.16. The maximum Gasteiger partial charge on any atom is 0.225 e. The van der Waals surface area contributed by atoms with Crippen LogP contribution >= 0.6 is 0 Å². The average molecular weight is 301 g/mol. The van der Waals surface area contributed by atoms with Crippen molar-refractivity contribution in [2.24, 2.45) is 5.92 Å². The number of hydrogen-bond acceptors (Lipinski definition) is 3. The van der Waals surface area contributed by atoms with E-state index in [4.69, 9.17) is 0 Å². The highest BCUT2D eigenvalue weighted by Gasteiger charge is 2.48. The van der Waals surface area contributed by atoms with Gasteiger partial charge in [-0.1, -0.05) is 30.3 Å². The lowest BCUT2D eigenvalue weighted by Gasteiger charge is -2.38. The SMILES string of the molecule is CNC(=O)[C@@H]1[C@@H](c2ccccc2)CN2CCN(C(C)=O)C[C@H]12. The topological polar surface area (TPSA) is 52.7 Å². The smallest absolute Gasteiger partial charge is 0.225 e. The van der Waals surface area contributed by atoms with E-state index in [1.54, 1.807) is 14.0 Å². The van der Waals surface area contributed by atoms with Gasteiger partial charge in [-0.15, -0.1) is 0 Å². The van der Waals surface area contributed by atoms with Gasteiger partial charge in [-0.2, -0.15) is 0 Å². The molecule has 1 aromatic rings. The molecule has 0 unspecified atom stereocenters. The van der Waals surface area contributed by atoms with Gasteiger partial charge in [0, 0.05) is 52.1 Å². The highest BCUT2D eigenvalue weighted by Crippen LogP contribution is 2.39. The van der Waals surface area contributed by atoms with Gasteiger partial charge in [0.25, 0.3) is 0 Å². The van der Waals surface area contributed by atoms with Gasteiger partial charge in [0.05, 0.1) is 5.92 Å². The van der Waals surface area contributed by atoms with Crippen molar-refractivity contribution in [1.29, 1.82) is 0 Å². The van der Waals surface area contributed by atoms with Crippen molar-refractivity contribution in [1.82, 2.24) is 15.1 Å². The van der Waals surface area contributed by atoms with Crippen molar-refractivity contribution in [2.45, 2.75) is 18.9 Å². The van der Waals surface area contributed by atoms with Crippen molar-refractivity contribution in [3.8, 4) is 0 Å². The molecule has 0 aliphatic carbocycles. The summed E-state index contributed by atoms with van der Waals surface area (Å²) in [4.78, 5) is 28.4. The largest absolute Gasteiger partial charge is 0.359 e. The van der Waals surface area contributed by atoms with Crippen molar-refractivity contribution < 1.29 is 9.59 Å². The van der Waals surface area contributed by atoms with E-state index in [0.29, 0.717) is 6.54 Å². The zero-order chi connectivity index (χ0) is 15.7. The molecule has 2 fully saturated rings. The monoisotopic (exact) mass is 301 g/mol. The third-order valence-corrected chi connectivity index (χ3v) is 5.04. The molecule has 2 amide bonds. The molecule has 0 spiro atoms. The molecule has 0 saturated carbocycles.